The maximum atomic E-state index is 9.50. The molecule has 0 radical (unpaired) electrons. The molecule has 2 N–H and O–H groups in total. The first kappa shape index (κ1) is 13.3. The van der Waals surface area contributed by atoms with Crippen LogP contribution in [0.3, 0.4) is 0 Å². The molecule has 2 aromatic rings. The highest BCUT2D eigenvalue weighted by Crippen LogP contribution is 2.18. The van der Waals surface area contributed by atoms with Crippen LogP contribution in [0.2, 0.25) is 0 Å². The van der Waals surface area contributed by atoms with E-state index in [2.05, 4.69) is 16.6 Å². The van der Waals surface area contributed by atoms with Crippen LogP contribution in [-0.4, -0.2) is 27.0 Å². The van der Waals surface area contributed by atoms with Crippen LogP contribution in [-0.2, 0) is 6.54 Å². The van der Waals surface area contributed by atoms with E-state index >= 15 is 0 Å². The summed E-state index contributed by atoms with van der Waals surface area (Å²) >= 11 is 0. The second-order valence-corrected chi connectivity index (χ2v) is 5.52. The van der Waals surface area contributed by atoms with E-state index in [1.54, 1.807) is 0 Å². The van der Waals surface area contributed by atoms with Crippen molar-refractivity contribution in [3.8, 4) is 5.69 Å². The molecule has 1 aromatic heterocycles. The van der Waals surface area contributed by atoms with Crippen molar-refractivity contribution in [1.29, 1.82) is 0 Å². The zero-order valence-electron chi connectivity index (χ0n) is 11.6. The van der Waals surface area contributed by atoms with Crippen LogP contribution in [0.1, 0.15) is 31.2 Å². The largest absolute Gasteiger partial charge is 0.393 e. The number of hydrogen-bond donors (Lipinski definition) is 2. The van der Waals surface area contributed by atoms with E-state index in [4.69, 9.17) is 0 Å². The smallest absolute Gasteiger partial charge is 0.0645 e. The Morgan fingerprint density at radius 1 is 1.15 bits per heavy atom. The van der Waals surface area contributed by atoms with E-state index < -0.39 is 0 Å². The van der Waals surface area contributed by atoms with E-state index in [9.17, 15) is 5.11 Å². The van der Waals surface area contributed by atoms with Crippen molar-refractivity contribution >= 4 is 0 Å². The van der Waals surface area contributed by atoms with Crippen LogP contribution < -0.4 is 5.32 Å². The van der Waals surface area contributed by atoms with Crippen molar-refractivity contribution < 1.29 is 5.11 Å². The monoisotopic (exact) mass is 271 g/mol. The quantitative estimate of drug-likeness (QED) is 0.897. The molecule has 0 spiro atoms. The standard InChI is InChI=1S/C16H21N3O/c20-16-8-6-14(7-9-16)17-10-13-11-18-19(12-13)15-4-2-1-3-5-15/h1-5,11-12,14,16-17,20H,6-10H2. The van der Waals surface area contributed by atoms with Gasteiger partial charge in [0.05, 0.1) is 18.0 Å². The molecule has 0 amide bonds. The molecule has 0 atom stereocenters. The topological polar surface area (TPSA) is 50.1 Å². The number of rotatable bonds is 4. The van der Waals surface area contributed by atoms with Crippen molar-refractivity contribution in [1.82, 2.24) is 15.1 Å². The van der Waals surface area contributed by atoms with Crippen molar-refractivity contribution in [2.24, 2.45) is 0 Å². The molecule has 3 rings (SSSR count). The van der Waals surface area contributed by atoms with Crippen LogP contribution in [0.15, 0.2) is 42.7 Å². The van der Waals surface area contributed by atoms with E-state index in [-0.39, 0.29) is 6.10 Å². The zero-order chi connectivity index (χ0) is 13.8. The van der Waals surface area contributed by atoms with Crippen LogP contribution in [0.25, 0.3) is 5.69 Å². The number of aliphatic hydroxyl groups is 1. The summed E-state index contributed by atoms with van der Waals surface area (Å²) in [5, 5.41) is 17.5. The molecule has 1 fully saturated rings. The first-order chi connectivity index (χ1) is 9.81. The minimum Gasteiger partial charge on any atom is -0.393 e. The molecule has 1 saturated carbocycles. The molecule has 0 saturated heterocycles. The molecule has 106 valence electrons. The highest BCUT2D eigenvalue weighted by molar-refractivity contribution is 5.30. The Bertz CT molecular complexity index is 530. The Hall–Kier alpha value is -1.65. The average Bonchev–Trinajstić information content (AvgIpc) is 2.97. The van der Waals surface area contributed by atoms with Crippen LogP contribution in [0.5, 0.6) is 0 Å². The normalized spacial score (nSPS) is 22.9. The fraction of sp³-hybridized carbons (Fsp3) is 0.438. The first-order valence-electron chi connectivity index (χ1n) is 7.32. The molecule has 1 aliphatic rings. The lowest BCUT2D eigenvalue weighted by atomic mass is 9.93. The number of nitrogens with one attached hydrogen (secondary N) is 1. The molecule has 1 aliphatic carbocycles. The average molecular weight is 271 g/mol. The second kappa shape index (κ2) is 6.20. The summed E-state index contributed by atoms with van der Waals surface area (Å²) in [5.74, 6) is 0. The van der Waals surface area contributed by atoms with Crippen molar-refractivity contribution in [3.63, 3.8) is 0 Å². The van der Waals surface area contributed by atoms with Gasteiger partial charge in [-0.1, -0.05) is 18.2 Å². The van der Waals surface area contributed by atoms with Gasteiger partial charge in [-0.3, -0.25) is 0 Å². The highest BCUT2D eigenvalue weighted by atomic mass is 16.3. The van der Waals surface area contributed by atoms with Gasteiger partial charge in [0.1, 0.15) is 0 Å². The van der Waals surface area contributed by atoms with E-state index in [1.807, 2.05) is 41.2 Å². The number of hydrogen-bond acceptors (Lipinski definition) is 3. The third-order valence-corrected chi connectivity index (χ3v) is 3.95. The molecule has 1 heterocycles. The van der Waals surface area contributed by atoms with Gasteiger partial charge < -0.3 is 10.4 Å². The van der Waals surface area contributed by atoms with Crippen molar-refractivity contribution in [2.75, 3.05) is 0 Å². The number of nitrogens with zero attached hydrogens (tertiary/aromatic N) is 2. The summed E-state index contributed by atoms with van der Waals surface area (Å²) in [6.07, 6.45) is 7.86. The van der Waals surface area contributed by atoms with Crippen LogP contribution in [0.4, 0.5) is 0 Å². The first-order valence-corrected chi connectivity index (χ1v) is 7.32. The Balaban J connectivity index is 1.55. The number of para-hydroxylation sites is 1. The lowest BCUT2D eigenvalue weighted by Gasteiger charge is -2.26. The van der Waals surface area contributed by atoms with Gasteiger partial charge in [-0.25, -0.2) is 4.68 Å². The fourth-order valence-corrected chi connectivity index (χ4v) is 2.72. The molecule has 20 heavy (non-hydrogen) atoms. The number of aliphatic hydroxyl groups excluding tert-OH is 1. The van der Waals surface area contributed by atoms with Crippen LogP contribution in [0, 0.1) is 0 Å². The number of aromatic nitrogens is 2. The summed E-state index contributed by atoms with van der Waals surface area (Å²) in [6, 6.07) is 10.7. The molecule has 4 nitrogen and oxygen atoms in total. The van der Waals surface area contributed by atoms with Gasteiger partial charge in [0.2, 0.25) is 0 Å². The zero-order valence-corrected chi connectivity index (χ0v) is 11.6. The molecule has 4 heteroatoms. The van der Waals surface area contributed by atoms with Gasteiger partial charge in [0.15, 0.2) is 0 Å². The number of benzene rings is 1. The molecule has 1 aromatic carbocycles. The summed E-state index contributed by atoms with van der Waals surface area (Å²) < 4.78 is 1.90. The maximum absolute atomic E-state index is 9.50. The van der Waals surface area contributed by atoms with Crippen LogP contribution >= 0.6 is 0 Å². The van der Waals surface area contributed by atoms with E-state index in [1.165, 1.54) is 5.56 Å². The Morgan fingerprint density at radius 2 is 1.90 bits per heavy atom. The van der Waals surface area contributed by atoms with Gasteiger partial charge in [-0.15, -0.1) is 0 Å². The summed E-state index contributed by atoms with van der Waals surface area (Å²) in [6.45, 7) is 0.841. The molecule has 0 aliphatic heterocycles. The SMILES string of the molecule is OC1CCC(NCc2cnn(-c3ccccc3)c2)CC1. The molecular weight excluding hydrogens is 250 g/mol. The predicted octanol–water partition coefficient (Wildman–Crippen LogP) is 2.27. The van der Waals surface area contributed by atoms with E-state index in [0.717, 1.165) is 37.9 Å². The Kier molecular flexibility index (Phi) is 4.14. The van der Waals surface area contributed by atoms with Gasteiger partial charge in [0, 0.05) is 24.3 Å². The predicted molar refractivity (Wildman–Crippen MR) is 78.7 cm³/mol. The van der Waals surface area contributed by atoms with Crippen molar-refractivity contribution in [2.45, 2.75) is 44.4 Å². The van der Waals surface area contributed by atoms with Crippen molar-refractivity contribution in [3.05, 3.63) is 48.3 Å². The minimum absolute atomic E-state index is 0.0890. The lowest BCUT2D eigenvalue weighted by molar-refractivity contribution is 0.116. The lowest BCUT2D eigenvalue weighted by Crippen LogP contribution is -2.34. The summed E-state index contributed by atoms with van der Waals surface area (Å²) in [7, 11) is 0. The van der Waals surface area contributed by atoms with Gasteiger partial charge in [-0.05, 0) is 37.8 Å². The van der Waals surface area contributed by atoms with E-state index in [0.29, 0.717) is 6.04 Å². The summed E-state index contributed by atoms with van der Waals surface area (Å²) in [4.78, 5) is 0. The minimum atomic E-state index is -0.0890. The summed E-state index contributed by atoms with van der Waals surface area (Å²) in [5.41, 5.74) is 2.28. The third kappa shape index (κ3) is 3.26. The van der Waals surface area contributed by atoms with Gasteiger partial charge in [0.25, 0.3) is 0 Å². The Labute approximate surface area is 119 Å². The Morgan fingerprint density at radius 3 is 2.65 bits per heavy atom. The highest BCUT2D eigenvalue weighted by Gasteiger charge is 2.18. The van der Waals surface area contributed by atoms with Gasteiger partial charge >= 0.3 is 0 Å². The third-order valence-electron chi connectivity index (χ3n) is 3.95. The molecule has 0 bridgehead atoms. The fourth-order valence-electron chi connectivity index (χ4n) is 2.72. The maximum Gasteiger partial charge on any atom is 0.0645 e. The molecular formula is C16H21N3O. The van der Waals surface area contributed by atoms with Gasteiger partial charge in [-0.2, -0.15) is 5.10 Å². The second-order valence-electron chi connectivity index (χ2n) is 5.52. The molecule has 0 unspecified atom stereocenters.